The number of hydrogen-bond donors (Lipinski definition) is 1. The van der Waals surface area contributed by atoms with E-state index in [0.29, 0.717) is 54.3 Å². The number of ether oxygens (including phenoxy) is 2. The van der Waals surface area contributed by atoms with Crippen LogP contribution in [0.5, 0.6) is 0 Å². The summed E-state index contributed by atoms with van der Waals surface area (Å²) in [6.45, 7) is 5.98. The van der Waals surface area contributed by atoms with Crippen LogP contribution in [0.1, 0.15) is 32.3 Å². The average molecular weight is 506 g/mol. The van der Waals surface area contributed by atoms with Gasteiger partial charge in [-0.1, -0.05) is 16.8 Å². The third kappa shape index (κ3) is 3.52. The molecule has 5 atom stereocenters. The van der Waals surface area contributed by atoms with Crippen LogP contribution < -0.4 is 15.1 Å². The molecule has 1 spiro atoms. The molecule has 1 unspecified atom stereocenters. The maximum atomic E-state index is 12.8. The van der Waals surface area contributed by atoms with Gasteiger partial charge in [-0.2, -0.15) is 0 Å². The molecule has 11 heteroatoms. The second-order valence-corrected chi connectivity index (χ2v) is 10.4. The number of anilines is 2. The van der Waals surface area contributed by atoms with Gasteiger partial charge >= 0.3 is 6.09 Å². The van der Waals surface area contributed by atoms with Gasteiger partial charge in [-0.3, -0.25) is 19.6 Å². The smallest absolute Gasteiger partial charge is 0.416 e. The number of aliphatic imine (C=N–C) groups is 1. The predicted molar refractivity (Wildman–Crippen MR) is 130 cm³/mol. The van der Waals surface area contributed by atoms with Crippen LogP contribution in [0.15, 0.2) is 15.6 Å². The lowest BCUT2D eigenvalue weighted by molar-refractivity contribution is -0.0519. The monoisotopic (exact) mass is 505 g/mol. The Labute approximate surface area is 207 Å². The fourth-order valence-electron chi connectivity index (χ4n) is 6.44. The Balaban J connectivity index is 1.49. The third-order valence-corrected chi connectivity index (χ3v) is 8.03. The molecule has 35 heavy (non-hydrogen) atoms. The summed E-state index contributed by atoms with van der Waals surface area (Å²) in [5, 5.41) is 8.81. The molecule has 188 valence electrons. The van der Waals surface area contributed by atoms with Crippen LogP contribution in [-0.2, 0) is 15.9 Å². The Bertz CT molecular complexity index is 1190. The van der Waals surface area contributed by atoms with Crippen LogP contribution in [0.4, 0.5) is 20.7 Å². The van der Waals surface area contributed by atoms with Gasteiger partial charge in [-0.15, -0.1) is 0 Å². The van der Waals surface area contributed by atoms with E-state index in [1.807, 2.05) is 6.07 Å². The molecule has 0 bridgehead atoms. The molecular weight excluding hydrogens is 477 g/mol. The Morgan fingerprint density at radius 1 is 1.37 bits per heavy atom. The maximum Gasteiger partial charge on any atom is 0.416 e. The fraction of sp³-hybridized carbons (Fsp3) is 0.625. The van der Waals surface area contributed by atoms with Crippen molar-refractivity contribution in [2.75, 3.05) is 42.8 Å². The Hall–Kier alpha value is -2.43. The Morgan fingerprint density at radius 3 is 3.00 bits per heavy atom. The number of morpholine rings is 1. The van der Waals surface area contributed by atoms with E-state index in [2.05, 4.69) is 40.4 Å². The summed E-state index contributed by atoms with van der Waals surface area (Å²) < 4.78 is 30.1. The first-order valence-corrected chi connectivity index (χ1v) is 12.6. The zero-order valence-electron chi connectivity index (χ0n) is 19.8. The van der Waals surface area contributed by atoms with Crippen LogP contribution in [-0.4, -0.2) is 74.8 Å². The lowest BCUT2D eigenvalue weighted by atomic mass is 9.69. The summed E-state index contributed by atoms with van der Waals surface area (Å²) >= 11 is 7.03. The minimum atomic E-state index is -0.506. The van der Waals surface area contributed by atoms with E-state index in [1.54, 1.807) is 0 Å². The summed E-state index contributed by atoms with van der Waals surface area (Å²) in [5.74, 6) is 0.367. The van der Waals surface area contributed by atoms with E-state index in [1.165, 1.54) is 4.90 Å². The molecule has 0 saturated carbocycles. The normalized spacial score (nSPS) is 32.3. The fourth-order valence-corrected chi connectivity index (χ4v) is 6.81. The number of cyclic esters (lactones) is 1. The van der Waals surface area contributed by atoms with Crippen molar-refractivity contribution in [3.63, 3.8) is 0 Å². The van der Waals surface area contributed by atoms with Gasteiger partial charge in [0.1, 0.15) is 11.6 Å². The van der Waals surface area contributed by atoms with E-state index in [0.717, 1.165) is 17.8 Å². The van der Waals surface area contributed by atoms with E-state index in [4.69, 9.17) is 25.6 Å². The Kier molecular flexibility index (Phi) is 5.65. The van der Waals surface area contributed by atoms with E-state index in [9.17, 15) is 9.18 Å². The number of fused-ring (bicyclic) bond motifs is 5. The van der Waals surface area contributed by atoms with Gasteiger partial charge in [0.05, 0.1) is 48.7 Å². The molecule has 1 amide bonds. The average Bonchev–Trinajstić information content (AvgIpc) is 3.40. The highest BCUT2D eigenvalue weighted by Gasteiger charge is 2.52. The number of carbonyl (C=O) groups excluding carboxylic acids is 1. The highest BCUT2D eigenvalue weighted by atomic mass is 35.5. The van der Waals surface area contributed by atoms with Crippen LogP contribution in [0.2, 0.25) is 5.02 Å². The lowest BCUT2D eigenvalue weighted by Crippen LogP contribution is -2.67. The first-order valence-electron chi connectivity index (χ1n) is 12.2. The van der Waals surface area contributed by atoms with Crippen molar-refractivity contribution < 1.29 is 23.2 Å². The van der Waals surface area contributed by atoms with Crippen molar-refractivity contribution in [3.8, 4) is 0 Å². The van der Waals surface area contributed by atoms with Crippen LogP contribution >= 0.6 is 11.6 Å². The Morgan fingerprint density at radius 2 is 2.23 bits per heavy atom. The molecule has 4 aliphatic rings. The minimum Gasteiger partial charge on any atom is -0.447 e. The van der Waals surface area contributed by atoms with Gasteiger partial charge in [0.25, 0.3) is 0 Å². The first kappa shape index (κ1) is 23.0. The number of benzene rings is 1. The maximum absolute atomic E-state index is 12.8. The van der Waals surface area contributed by atoms with Gasteiger partial charge in [0.2, 0.25) is 0 Å². The molecule has 2 saturated heterocycles. The zero-order valence-corrected chi connectivity index (χ0v) is 20.6. The van der Waals surface area contributed by atoms with Crippen LogP contribution in [0.3, 0.4) is 0 Å². The van der Waals surface area contributed by atoms with Crippen LogP contribution in [0.25, 0.3) is 11.0 Å². The molecule has 9 nitrogen and oxygen atoms in total. The number of halogens is 2. The number of carbonyl (C=O) groups is 1. The number of nitrogens with zero attached hydrogens (tertiary/aromatic N) is 4. The highest BCUT2D eigenvalue weighted by Crippen LogP contribution is 2.51. The number of alkyl halides is 1. The van der Waals surface area contributed by atoms with E-state index in [-0.39, 0.29) is 36.3 Å². The molecule has 4 aliphatic heterocycles. The van der Waals surface area contributed by atoms with Crippen molar-refractivity contribution >= 4 is 46.4 Å². The summed E-state index contributed by atoms with van der Waals surface area (Å²) in [6.07, 6.45) is 3.11. The highest BCUT2D eigenvalue weighted by molar-refractivity contribution is 6.38. The quantitative estimate of drug-likeness (QED) is 0.677. The molecular formula is C24H29ClFN5O4. The number of rotatable bonds is 4. The second-order valence-electron chi connectivity index (χ2n) is 10.1. The van der Waals surface area contributed by atoms with Crippen molar-refractivity contribution in [3.05, 3.63) is 16.7 Å². The SMILES string of the molecule is C[C@@H]1CN2c3c(cc4c(N5C(=O)OC[C@@H]5CCCF)noc4c3Cl)CC3(C=NCNC3)[C@H]2[C@H](C)O1. The van der Waals surface area contributed by atoms with Gasteiger partial charge in [0.15, 0.2) is 11.4 Å². The van der Waals surface area contributed by atoms with Gasteiger partial charge in [0, 0.05) is 24.7 Å². The third-order valence-electron chi connectivity index (χ3n) is 7.68. The molecule has 2 aromatic rings. The van der Waals surface area contributed by atoms with Crippen LogP contribution in [0, 0.1) is 5.41 Å². The largest absolute Gasteiger partial charge is 0.447 e. The van der Waals surface area contributed by atoms with Crippen molar-refractivity contribution in [1.82, 2.24) is 10.5 Å². The predicted octanol–water partition coefficient (Wildman–Crippen LogP) is 3.71. The molecule has 5 heterocycles. The molecule has 0 aliphatic carbocycles. The number of amides is 1. The standard InChI is InChI=1S/C24H29ClFN5O4/c1-13-8-30-19-15(7-24(10-27-12-28-11-24)21(30)14(2)34-13)6-17-20(18(19)25)35-29-22(17)31-16(4-3-5-26)9-33-23(31)32/h6,10,13-14,16,21,28H,3-5,7-9,11-12H2,1-2H3/t13-,14+,16+,21-,24?/m1/s1. The summed E-state index contributed by atoms with van der Waals surface area (Å²) in [7, 11) is 0. The van der Waals surface area contributed by atoms with Gasteiger partial charge < -0.3 is 18.9 Å². The van der Waals surface area contributed by atoms with Gasteiger partial charge in [-0.25, -0.2) is 4.79 Å². The minimum absolute atomic E-state index is 0.0223. The summed E-state index contributed by atoms with van der Waals surface area (Å²) in [5.41, 5.74) is 2.14. The van der Waals surface area contributed by atoms with Crippen molar-refractivity contribution in [1.29, 1.82) is 0 Å². The second kappa shape index (κ2) is 8.60. The van der Waals surface area contributed by atoms with Crippen molar-refractivity contribution in [2.24, 2.45) is 10.4 Å². The molecule has 1 N–H and O–H groups in total. The summed E-state index contributed by atoms with van der Waals surface area (Å²) in [6, 6.07) is 1.79. The van der Waals surface area contributed by atoms with E-state index < -0.39 is 12.8 Å². The zero-order chi connectivity index (χ0) is 24.3. The van der Waals surface area contributed by atoms with Crippen molar-refractivity contribution in [2.45, 2.75) is 57.4 Å². The number of nitrogens with one attached hydrogen (secondary N) is 1. The molecule has 1 aromatic carbocycles. The number of aromatic nitrogens is 1. The van der Waals surface area contributed by atoms with Gasteiger partial charge in [-0.05, 0) is 44.7 Å². The topological polar surface area (TPSA) is 92.4 Å². The molecule has 0 radical (unpaired) electrons. The summed E-state index contributed by atoms with van der Waals surface area (Å²) in [4.78, 5) is 21.0. The first-order chi connectivity index (χ1) is 16.9. The molecule has 2 fully saturated rings. The molecule has 1 aromatic heterocycles. The van der Waals surface area contributed by atoms with E-state index >= 15 is 0 Å². The number of hydrogen-bond acceptors (Lipinski definition) is 8. The lowest BCUT2D eigenvalue weighted by Gasteiger charge is -2.56. The molecule has 6 rings (SSSR count).